The van der Waals surface area contributed by atoms with Crippen LogP contribution in [0, 0.1) is 0 Å². The molecule has 0 aliphatic carbocycles. The predicted octanol–water partition coefficient (Wildman–Crippen LogP) is 3.70. The molecule has 3 rings (SSSR count). The molecule has 0 bridgehead atoms. The number of aromatic amines is 1. The van der Waals surface area contributed by atoms with Crippen molar-refractivity contribution in [1.29, 1.82) is 0 Å². The Morgan fingerprint density at radius 3 is 2.12 bits per heavy atom. The van der Waals surface area contributed by atoms with E-state index in [-0.39, 0.29) is 23.2 Å². The molecule has 1 fully saturated rings. The highest BCUT2D eigenvalue weighted by atomic mass is 32.2. The largest absolute Gasteiger partial charge is 0.414 e. The highest BCUT2D eigenvalue weighted by Gasteiger charge is 2.61. The van der Waals surface area contributed by atoms with Crippen LogP contribution < -0.4 is 16.0 Å². The minimum atomic E-state index is -4.12. The molecule has 0 radical (unpaired) electrons. The summed E-state index contributed by atoms with van der Waals surface area (Å²) in [6.45, 7) is 20.2. The van der Waals surface area contributed by atoms with Crippen molar-refractivity contribution >= 4 is 26.7 Å². The standard InChI is InChI=1S/C29H49N3O8SSi2/c1-27(2,3)42(7,8)38-19-22-29(35,20-41(36,37)30-18-21-14-12-11-13-15-21)24(40-43(9,10)28(4,5)6)25(39-22)32-17-16-23(33)31-26(32)34/h11-17,22,24-25,30,35H,18-20H2,1-10H3,(H,31,33,34)/t22-,24+,25-,29+/m1/s1. The summed E-state index contributed by atoms with van der Waals surface area (Å²) in [5, 5.41) is 12.1. The van der Waals surface area contributed by atoms with Crippen LogP contribution in [-0.4, -0.2) is 69.9 Å². The summed E-state index contributed by atoms with van der Waals surface area (Å²) in [6.07, 6.45) is -2.42. The number of sulfonamides is 1. The van der Waals surface area contributed by atoms with E-state index < -0.39 is 67.7 Å². The van der Waals surface area contributed by atoms with Gasteiger partial charge in [-0.1, -0.05) is 71.9 Å². The molecule has 2 aromatic rings. The Morgan fingerprint density at radius 2 is 1.58 bits per heavy atom. The number of benzene rings is 1. The van der Waals surface area contributed by atoms with Gasteiger partial charge in [-0.05, 0) is 41.8 Å². The zero-order valence-corrected chi connectivity index (χ0v) is 29.9. The Labute approximate surface area is 257 Å². The van der Waals surface area contributed by atoms with E-state index in [9.17, 15) is 23.1 Å². The van der Waals surface area contributed by atoms with Gasteiger partial charge in [0.15, 0.2) is 22.9 Å². The SMILES string of the molecule is CC(C)(C)[Si](C)(C)OC[C@H]1O[C@@H](n2ccc(=O)[nH]c2=O)[C@H](O[Si](C)(C)C(C)(C)C)[C@]1(O)CS(=O)(=O)NCc1ccccc1. The number of rotatable bonds is 11. The van der Waals surface area contributed by atoms with Crippen molar-refractivity contribution in [3.63, 3.8) is 0 Å². The average molecular weight is 656 g/mol. The molecular weight excluding hydrogens is 607 g/mol. The number of aliphatic hydroxyl groups is 1. The van der Waals surface area contributed by atoms with Crippen molar-refractivity contribution in [1.82, 2.24) is 14.3 Å². The smallest absolute Gasteiger partial charge is 0.330 e. The van der Waals surface area contributed by atoms with E-state index in [0.717, 1.165) is 10.1 Å². The fourth-order valence-corrected chi connectivity index (χ4v) is 8.04. The monoisotopic (exact) mass is 655 g/mol. The number of nitrogens with zero attached hydrogens (tertiary/aromatic N) is 1. The van der Waals surface area contributed by atoms with Gasteiger partial charge in [-0.25, -0.2) is 17.9 Å². The summed E-state index contributed by atoms with van der Waals surface area (Å²) >= 11 is 0. The topological polar surface area (TPSA) is 149 Å². The number of hydrogen-bond acceptors (Lipinski definition) is 8. The van der Waals surface area contributed by atoms with E-state index >= 15 is 0 Å². The van der Waals surface area contributed by atoms with E-state index in [0.29, 0.717) is 0 Å². The lowest BCUT2D eigenvalue weighted by Crippen LogP contribution is -2.60. The molecule has 0 amide bonds. The molecule has 0 spiro atoms. The van der Waals surface area contributed by atoms with Crippen molar-refractivity contribution in [2.75, 3.05) is 12.4 Å². The molecule has 242 valence electrons. The third-order valence-corrected chi connectivity index (χ3v) is 19.5. The maximum Gasteiger partial charge on any atom is 0.330 e. The molecule has 43 heavy (non-hydrogen) atoms. The van der Waals surface area contributed by atoms with Crippen LogP contribution >= 0.6 is 0 Å². The lowest BCUT2D eigenvalue weighted by Gasteiger charge is -2.43. The van der Waals surface area contributed by atoms with Crippen LogP contribution in [0.15, 0.2) is 52.2 Å². The lowest BCUT2D eigenvalue weighted by molar-refractivity contribution is -0.0750. The van der Waals surface area contributed by atoms with Gasteiger partial charge >= 0.3 is 5.69 Å². The fraction of sp³-hybridized carbons (Fsp3) is 0.655. The molecule has 11 nitrogen and oxygen atoms in total. The Bertz CT molecular complexity index is 1480. The summed E-state index contributed by atoms with van der Waals surface area (Å²) in [5.41, 5.74) is -2.73. The van der Waals surface area contributed by atoms with Crippen LogP contribution in [0.4, 0.5) is 0 Å². The average Bonchev–Trinajstić information content (AvgIpc) is 3.10. The van der Waals surface area contributed by atoms with Crippen molar-refractivity contribution in [3.05, 3.63) is 69.0 Å². The first-order chi connectivity index (χ1) is 19.5. The van der Waals surface area contributed by atoms with E-state index in [1.165, 1.54) is 12.3 Å². The fourth-order valence-electron chi connectivity index (χ4n) is 4.28. The zero-order valence-electron chi connectivity index (χ0n) is 27.1. The number of aromatic nitrogens is 2. The van der Waals surface area contributed by atoms with Gasteiger partial charge in [-0.2, -0.15) is 0 Å². The first kappa shape index (κ1) is 35.6. The Kier molecular flexibility index (Phi) is 10.3. The van der Waals surface area contributed by atoms with Crippen LogP contribution in [0.3, 0.4) is 0 Å². The predicted molar refractivity (Wildman–Crippen MR) is 172 cm³/mol. The highest BCUT2D eigenvalue weighted by Crippen LogP contribution is 2.46. The highest BCUT2D eigenvalue weighted by molar-refractivity contribution is 7.89. The molecule has 3 N–H and O–H groups in total. The van der Waals surface area contributed by atoms with Gasteiger partial charge in [-0.3, -0.25) is 14.3 Å². The van der Waals surface area contributed by atoms with Gasteiger partial charge in [0.25, 0.3) is 5.56 Å². The number of ether oxygens (including phenoxy) is 1. The van der Waals surface area contributed by atoms with Gasteiger partial charge in [0, 0.05) is 18.8 Å². The minimum Gasteiger partial charge on any atom is -0.414 e. The molecule has 1 aromatic carbocycles. The molecular formula is C29H49N3O8SSi2. The lowest BCUT2D eigenvalue weighted by atomic mass is 9.94. The van der Waals surface area contributed by atoms with Gasteiger partial charge in [0.2, 0.25) is 10.0 Å². The number of nitrogens with one attached hydrogen (secondary N) is 2. The van der Waals surface area contributed by atoms with Crippen molar-refractivity contribution < 1.29 is 27.1 Å². The van der Waals surface area contributed by atoms with Crippen LogP contribution in [0.5, 0.6) is 0 Å². The van der Waals surface area contributed by atoms with Crippen molar-refractivity contribution in [2.45, 2.75) is 108 Å². The summed E-state index contributed by atoms with van der Waals surface area (Å²) < 4.78 is 50.5. The summed E-state index contributed by atoms with van der Waals surface area (Å²) in [5.74, 6) is -0.758. The van der Waals surface area contributed by atoms with Crippen LogP contribution in [0.1, 0.15) is 53.3 Å². The summed E-state index contributed by atoms with van der Waals surface area (Å²) in [6, 6.07) is 10.2. The van der Waals surface area contributed by atoms with Gasteiger partial charge in [0.1, 0.15) is 17.8 Å². The van der Waals surface area contributed by atoms with Gasteiger partial charge < -0.3 is 18.7 Å². The molecule has 4 atom stereocenters. The number of H-pyrrole nitrogens is 1. The van der Waals surface area contributed by atoms with Crippen LogP contribution in [0.2, 0.25) is 36.3 Å². The quantitative estimate of drug-likeness (QED) is 0.311. The maximum absolute atomic E-state index is 13.6. The summed E-state index contributed by atoms with van der Waals surface area (Å²) in [4.78, 5) is 27.1. The first-order valence-corrected chi connectivity index (χ1v) is 22.0. The zero-order chi connectivity index (χ0) is 32.6. The summed E-state index contributed by atoms with van der Waals surface area (Å²) in [7, 11) is -9.19. The second-order valence-electron chi connectivity index (χ2n) is 14.5. The van der Waals surface area contributed by atoms with Crippen molar-refractivity contribution in [3.8, 4) is 0 Å². The normalized spacial score (nSPS) is 23.9. The van der Waals surface area contributed by atoms with Crippen LogP contribution in [0.25, 0.3) is 0 Å². The third kappa shape index (κ3) is 8.22. The van der Waals surface area contributed by atoms with Gasteiger partial charge in [0.05, 0.1) is 12.4 Å². The molecule has 2 heterocycles. The third-order valence-electron chi connectivity index (χ3n) is 9.13. The molecule has 1 aliphatic heterocycles. The molecule has 1 saturated heterocycles. The van der Waals surface area contributed by atoms with E-state index in [4.69, 9.17) is 13.6 Å². The Balaban J connectivity index is 2.12. The van der Waals surface area contributed by atoms with Crippen molar-refractivity contribution in [2.24, 2.45) is 0 Å². The molecule has 0 unspecified atom stereocenters. The second-order valence-corrected chi connectivity index (χ2v) is 25.8. The maximum atomic E-state index is 13.6. The number of hydrogen-bond donors (Lipinski definition) is 3. The van der Waals surface area contributed by atoms with E-state index in [1.54, 1.807) is 12.1 Å². The Hall–Kier alpha value is -1.92. The first-order valence-electron chi connectivity index (χ1n) is 14.5. The van der Waals surface area contributed by atoms with E-state index in [2.05, 4.69) is 30.5 Å². The van der Waals surface area contributed by atoms with E-state index in [1.807, 2.05) is 65.2 Å². The van der Waals surface area contributed by atoms with Crippen LogP contribution in [-0.2, 0) is 30.2 Å². The minimum absolute atomic E-state index is 0.0296. The molecule has 1 aromatic heterocycles. The molecule has 14 heteroatoms. The Morgan fingerprint density at radius 1 is 1.00 bits per heavy atom. The molecule has 1 aliphatic rings. The van der Waals surface area contributed by atoms with Gasteiger partial charge in [-0.15, -0.1) is 0 Å². The molecule has 0 saturated carbocycles. The second kappa shape index (κ2) is 12.5.